The van der Waals surface area contributed by atoms with Crippen molar-refractivity contribution in [3.63, 3.8) is 0 Å². The van der Waals surface area contributed by atoms with E-state index in [1.807, 2.05) is 31.2 Å². The summed E-state index contributed by atoms with van der Waals surface area (Å²) in [6, 6.07) is 10.1. The maximum Gasteiger partial charge on any atom is 0.223 e. The van der Waals surface area contributed by atoms with Crippen molar-refractivity contribution in [2.45, 2.75) is 19.8 Å². The highest BCUT2D eigenvalue weighted by atomic mass is 15.1. The Morgan fingerprint density at radius 1 is 1.21 bits per heavy atom. The number of unbranched alkanes of at least 4 members (excludes halogenated alkanes) is 1. The third-order valence-corrected chi connectivity index (χ3v) is 3.41. The summed E-state index contributed by atoms with van der Waals surface area (Å²) in [6.07, 6.45) is 4.41. The Balaban J connectivity index is 1.86. The first-order valence-corrected chi connectivity index (χ1v) is 7.68. The average Bonchev–Trinajstić information content (AvgIpc) is 2.59. The Morgan fingerprint density at radius 2 is 2.12 bits per heavy atom. The summed E-state index contributed by atoms with van der Waals surface area (Å²) in [5.41, 5.74) is 3.42. The largest absolute Gasteiger partial charge is 0.354 e. The molecule has 0 saturated carbocycles. The van der Waals surface area contributed by atoms with E-state index < -0.39 is 0 Å². The highest BCUT2D eigenvalue weighted by Crippen LogP contribution is 2.22. The van der Waals surface area contributed by atoms with Crippen molar-refractivity contribution in [3.05, 3.63) is 42.4 Å². The Bertz CT molecular complexity index is 885. The fraction of sp³-hybridized carbons (Fsp3) is 0.235. The van der Waals surface area contributed by atoms with Crippen molar-refractivity contribution in [1.82, 2.24) is 19.9 Å². The molecule has 3 aromatic rings. The molecule has 0 aliphatic heterocycles. The lowest BCUT2D eigenvalue weighted by molar-refractivity contribution is 0.885. The van der Waals surface area contributed by atoms with Crippen LogP contribution in [0.5, 0.6) is 0 Å². The predicted molar refractivity (Wildman–Crippen MR) is 92.9 cm³/mol. The second kappa shape index (κ2) is 7.33. The van der Waals surface area contributed by atoms with Crippen LogP contribution >= 0.6 is 0 Å². The Labute approximate surface area is 139 Å². The minimum atomic E-state index is 0.502. The summed E-state index contributed by atoms with van der Waals surface area (Å²) in [5.74, 6) is 1.13. The zero-order chi connectivity index (χ0) is 16.8. The van der Waals surface area contributed by atoms with Crippen molar-refractivity contribution < 1.29 is 0 Å². The number of aromatic nitrogens is 4. The van der Waals surface area contributed by atoms with Gasteiger partial charge in [0.2, 0.25) is 5.95 Å². The van der Waals surface area contributed by atoms with Gasteiger partial charge in [0.1, 0.15) is 17.4 Å². The van der Waals surface area contributed by atoms with Gasteiger partial charge in [-0.3, -0.25) is 0 Å². The summed E-state index contributed by atoms with van der Waals surface area (Å²) in [6.45, 7) is 2.68. The van der Waals surface area contributed by atoms with Crippen LogP contribution < -0.4 is 10.6 Å². The number of nitriles is 1. The van der Waals surface area contributed by atoms with Gasteiger partial charge in [-0.25, -0.2) is 19.9 Å². The standard InChI is InChI=1S/C17H17N7/c1-12-5-4-6-13(9-12)23-16-15-14(21-11-22-16)10-20-17(24-15)19-8-3-2-7-18/h4-6,9-11H,2-3,8H2,1H3,(H,19,20,24)(H,21,22,23). The Kier molecular flexibility index (Phi) is 4.77. The van der Waals surface area contributed by atoms with E-state index in [1.54, 1.807) is 6.20 Å². The summed E-state index contributed by atoms with van der Waals surface area (Å²) in [7, 11) is 0. The lowest BCUT2D eigenvalue weighted by atomic mass is 10.2. The number of benzene rings is 1. The molecule has 0 aliphatic rings. The van der Waals surface area contributed by atoms with Crippen LogP contribution in [0.3, 0.4) is 0 Å². The molecule has 7 heteroatoms. The number of aryl methyl sites for hydroxylation is 1. The fourth-order valence-electron chi connectivity index (χ4n) is 2.26. The molecule has 0 atom stereocenters. The van der Waals surface area contributed by atoms with Gasteiger partial charge in [-0.1, -0.05) is 12.1 Å². The smallest absolute Gasteiger partial charge is 0.223 e. The molecule has 2 aromatic heterocycles. The molecule has 3 rings (SSSR count). The number of fused-ring (bicyclic) bond motifs is 1. The van der Waals surface area contributed by atoms with Crippen LogP contribution in [0.2, 0.25) is 0 Å². The van der Waals surface area contributed by atoms with Gasteiger partial charge in [-0.05, 0) is 31.0 Å². The first-order valence-electron chi connectivity index (χ1n) is 7.68. The third-order valence-electron chi connectivity index (χ3n) is 3.41. The van der Waals surface area contributed by atoms with E-state index in [0.717, 1.165) is 17.7 Å². The molecule has 0 spiro atoms. The third kappa shape index (κ3) is 3.73. The molecule has 0 amide bonds. The van der Waals surface area contributed by atoms with Gasteiger partial charge >= 0.3 is 0 Å². The molecule has 0 saturated heterocycles. The first-order chi connectivity index (χ1) is 11.8. The lowest BCUT2D eigenvalue weighted by Crippen LogP contribution is -2.06. The van der Waals surface area contributed by atoms with Crippen molar-refractivity contribution in [2.24, 2.45) is 0 Å². The quantitative estimate of drug-likeness (QED) is 0.673. The molecule has 2 N–H and O–H groups in total. The van der Waals surface area contributed by atoms with E-state index >= 15 is 0 Å². The molecule has 2 heterocycles. The van der Waals surface area contributed by atoms with Crippen LogP contribution in [0.1, 0.15) is 18.4 Å². The lowest BCUT2D eigenvalue weighted by Gasteiger charge is -2.09. The van der Waals surface area contributed by atoms with Gasteiger partial charge in [0.25, 0.3) is 0 Å². The van der Waals surface area contributed by atoms with Crippen molar-refractivity contribution in [3.8, 4) is 6.07 Å². The second-order valence-corrected chi connectivity index (χ2v) is 5.33. The summed E-state index contributed by atoms with van der Waals surface area (Å²) >= 11 is 0. The van der Waals surface area contributed by atoms with Crippen LogP contribution in [0.4, 0.5) is 17.5 Å². The molecule has 7 nitrogen and oxygen atoms in total. The fourth-order valence-corrected chi connectivity index (χ4v) is 2.26. The zero-order valence-corrected chi connectivity index (χ0v) is 13.3. The molecule has 120 valence electrons. The van der Waals surface area contributed by atoms with E-state index in [2.05, 4.69) is 36.6 Å². The SMILES string of the molecule is Cc1cccc(Nc2ncnc3cnc(NCCCC#N)nc23)c1. The summed E-state index contributed by atoms with van der Waals surface area (Å²) < 4.78 is 0. The predicted octanol–water partition coefficient (Wildman–Crippen LogP) is 3.19. The van der Waals surface area contributed by atoms with Gasteiger partial charge in [-0.2, -0.15) is 5.26 Å². The van der Waals surface area contributed by atoms with Crippen LogP contribution in [0, 0.1) is 18.3 Å². The van der Waals surface area contributed by atoms with Crippen LogP contribution in [-0.2, 0) is 0 Å². The number of anilines is 3. The molecule has 1 aromatic carbocycles. The van der Waals surface area contributed by atoms with E-state index in [9.17, 15) is 0 Å². The van der Waals surface area contributed by atoms with Crippen molar-refractivity contribution in [1.29, 1.82) is 5.26 Å². The average molecular weight is 319 g/mol. The topological polar surface area (TPSA) is 99.4 Å². The van der Waals surface area contributed by atoms with Crippen LogP contribution in [0.15, 0.2) is 36.8 Å². The zero-order valence-electron chi connectivity index (χ0n) is 13.3. The molecule has 0 fully saturated rings. The van der Waals surface area contributed by atoms with Crippen LogP contribution in [0.25, 0.3) is 11.0 Å². The minimum Gasteiger partial charge on any atom is -0.354 e. The molecule has 24 heavy (non-hydrogen) atoms. The van der Waals surface area contributed by atoms with Gasteiger partial charge in [0, 0.05) is 18.7 Å². The van der Waals surface area contributed by atoms with Gasteiger partial charge in [0.05, 0.1) is 12.3 Å². The van der Waals surface area contributed by atoms with Gasteiger partial charge < -0.3 is 10.6 Å². The Morgan fingerprint density at radius 3 is 2.96 bits per heavy atom. The summed E-state index contributed by atoms with van der Waals surface area (Å²) in [5, 5.41) is 15.0. The highest BCUT2D eigenvalue weighted by Gasteiger charge is 2.08. The number of hydrogen-bond acceptors (Lipinski definition) is 7. The maximum atomic E-state index is 8.57. The van der Waals surface area contributed by atoms with E-state index in [4.69, 9.17) is 5.26 Å². The number of nitrogens with zero attached hydrogens (tertiary/aromatic N) is 5. The minimum absolute atomic E-state index is 0.502. The summed E-state index contributed by atoms with van der Waals surface area (Å²) in [4.78, 5) is 17.2. The van der Waals surface area contributed by atoms with Crippen LogP contribution in [-0.4, -0.2) is 26.5 Å². The second-order valence-electron chi connectivity index (χ2n) is 5.33. The van der Waals surface area contributed by atoms with E-state index in [-0.39, 0.29) is 0 Å². The molecule has 0 bridgehead atoms. The molecule has 0 unspecified atom stereocenters. The normalized spacial score (nSPS) is 10.3. The maximum absolute atomic E-state index is 8.57. The van der Waals surface area contributed by atoms with Crippen molar-refractivity contribution in [2.75, 3.05) is 17.2 Å². The Hall–Kier alpha value is -3.27. The van der Waals surface area contributed by atoms with Crippen molar-refractivity contribution >= 4 is 28.5 Å². The first kappa shape index (κ1) is 15.6. The van der Waals surface area contributed by atoms with E-state index in [0.29, 0.717) is 35.8 Å². The number of nitrogens with one attached hydrogen (secondary N) is 2. The monoisotopic (exact) mass is 319 g/mol. The molecule has 0 radical (unpaired) electrons. The van der Waals surface area contributed by atoms with E-state index in [1.165, 1.54) is 6.33 Å². The van der Waals surface area contributed by atoms with Gasteiger partial charge in [0.15, 0.2) is 5.82 Å². The van der Waals surface area contributed by atoms with Gasteiger partial charge in [-0.15, -0.1) is 0 Å². The highest BCUT2D eigenvalue weighted by molar-refractivity contribution is 5.87. The molecular formula is C17H17N7. The molecular weight excluding hydrogens is 302 g/mol. The molecule has 0 aliphatic carbocycles. The number of rotatable bonds is 6. The number of hydrogen-bond donors (Lipinski definition) is 2.